The number of nitrogens with zero attached hydrogens (tertiary/aromatic N) is 4. The first-order chi connectivity index (χ1) is 11.5. The number of aryl methyl sites for hydroxylation is 2. The highest BCUT2D eigenvalue weighted by Crippen LogP contribution is 2.13. The van der Waals surface area contributed by atoms with E-state index in [1.807, 2.05) is 30.9 Å². The molecule has 0 radical (unpaired) electrons. The fraction of sp³-hybridized carbons (Fsp3) is 0.562. The largest absolute Gasteiger partial charge is 0.374 e. The van der Waals surface area contributed by atoms with Gasteiger partial charge in [-0.25, -0.2) is 0 Å². The Bertz CT molecular complexity index is 695. The number of hydrogen-bond acceptors (Lipinski definition) is 6. The molecule has 2 atom stereocenters. The lowest BCUT2D eigenvalue weighted by molar-refractivity contribution is -0.124. The van der Waals surface area contributed by atoms with Gasteiger partial charge in [0.1, 0.15) is 5.76 Å². The molecular formula is C16H23N5O3. The quantitative estimate of drug-likeness (QED) is 0.885. The molecule has 1 aliphatic rings. The molecule has 0 aromatic carbocycles. The highest BCUT2D eigenvalue weighted by atomic mass is 16.5. The molecule has 2 aromatic rings. The van der Waals surface area contributed by atoms with Gasteiger partial charge in [-0.05, 0) is 26.3 Å². The van der Waals surface area contributed by atoms with E-state index in [0.717, 1.165) is 12.1 Å². The van der Waals surface area contributed by atoms with Gasteiger partial charge in [0.15, 0.2) is 5.82 Å². The topological polar surface area (TPSA) is 85.4 Å². The maximum absolute atomic E-state index is 12.4. The summed E-state index contributed by atoms with van der Waals surface area (Å²) in [5.41, 5.74) is 1.12. The number of hydrogen-bond donors (Lipinski definition) is 1. The van der Waals surface area contributed by atoms with Crippen LogP contribution in [0.5, 0.6) is 0 Å². The van der Waals surface area contributed by atoms with E-state index in [2.05, 4.69) is 20.5 Å². The lowest BCUT2D eigenvalue weighted by Crippen LogP contribution is -2.51. The Labute approximate surface area is 140 Å². The van der Waals surface area contributed by atoms with Gasteiger partial charge in [-0.2, -0.15) is 5.10 Å². The summed E-state index contributed by atoms with van der Waals surface area (Å²) in [6.07, 6.45) is 3.84. The van der Waals surface area contributed by atoms with E-state index in [1.54, 1.807) is 13.0 Å². The van der Waals surface area contributed by atoms with E-state index in [9.17, 15) is 4.79 Å². The minimum absolute atomic E-state index is 0.0163. The zero-order valence-electron chi connectivity index (χ0n) is 14.2. The lowest BCUT2D eigenvalue weighted by atomic mass is 10.2. The number of carbonyl (C=O) groups excluding carboxylic acids is 1. The number of ether oxygens (including phenoxy) is 1. The third-order valence-electron chi connectivity index (χ3n) is 4.13. The first kappa shape index (κ1) is 16.7. The van der Waals surface area contributed by atoms with Gasteiger partial charge in [-0.1, -0.05) is 5.16 Å². The lowest BCUT2D eigenvalue weighted by Gasteiger charge is -2.35. The Balaban J connectivity index is 1.55. The first-order valence-electron chi connectivity index (χ1n) is 8.10. The minimum atomic E-state index is -0.271. The number of amides is 1. The van der Waals surface area contributed by atoms with Crippen LogP contribution in [0, 0.1) is 13.8 Å². The zero-order valence-corrected chi connectivity index (χ0v) is 14.2. The molecule has 1 aliphatic heterocycles. The molecule has 1 saturated heterocycles. The van der Waals surface area contributed by atoms with Crippen molar-refractivity contribution in [2.24, 2.45) is 0 Å². The SMILES string of the molecule is Cc1cnn(C[C@@H]2CN([C@H](C)C(=O)Nc3cc(C)on3)CCO2)c1. The van der Waals surface area contributed by atoms with E-state index >= 15 is 0 Å². The molecule has 1 N–H and O–H groups in total. The monoisotopic (exact) mass is 333 g/mol. The summed E-state index contributed by atoms with van der Waals surface area (Å²) >= 11 is 0. The van der Waals surface area contributed by atoms with Gasteiger partial charge in [-0.3, -0.25) is 14.4 Å². The second-order valence-electron chi connectivity index (χ2n) is 6.22. The third-order valence-corrected chi connectivity index (χ3v) is 4.13. The molecule has 3 rings (SSSR count). The summed E-state index contributed by atoms with van der Waals surface area (Å²) < 4.78 is 12.7. The van der Waals surface area contributed by atoms with Gasteiger partial charge < -0.3 is 14.6 Å². The molecular weight excluding hydrogens is 310 g/mol. The molecule has 24 heavy (non-hydrogen) atoms. The van der Waals surface area contributed by atoms with E-state index in [-0.39, 0.29) is 18.1 Å². The van der Waals surface area contributed by atoms with Crippen molar-refractivity contribution in [3.05, 3.63) is 29.8 Å². The molecule has 0 saturated carbocycles. The van der Waals surface area contributed by atoms with Crippen LogP contribution in [-0.2, 0) is 16.1 Å². The predicted molar refractivity (Wildman–Crippen MR) is 87.6 cm³/mol. The summed E-state index contributed by atoms with van der Waals surface area (Å²) in [7, 11) is 0. The molecule has 1 fully saturated rings. The van der Waals surface area contributed by atoms with Crippen LogP contribution in [0.4, 0.5) is 5.82 Å². The van der Waals surface area contributed by atoms with Crippen LogP contribution in [0.1, 0.15) is 18.2 Å². The van der Waals surface area contributed by atoms with Gasteiger partial charge in [0, 0.05) is 25.4 Å². The van der Waals surface area contributed by atoms with Gasteiger partial charge in [0.05, 0.1) is 31.5 Å². The van der Waals surface area contributed by atoms with Crippen LogP contribution in [0.2, 0.25) is 0 Å². The molecule has 0 aliphatic carbocycles. The van der Waals surface area contributed by atoms with Crippen LogP contribution >= 0.6 is 0 Å². The Kier molecular flexibility index (Phi) is 4.96. The first-order valence-corrected chi connectivity index (χ1v) is 8.10. The number of rotatable bonds is 5. The highest BCUT2D eigenvalue weighted by molar-refractivity contribution is 5.93. The summed E-state index contributed by atoms with van der Waals surface area (Å²) in [5.74, 6) is 1.01. The maximum atomic E-state index is 12.4. The van der Waals surface area contributed by atoms with Crippen molar-refractivity contribution >= 4 is 11.7 Å². The average Bonchev–Trinajstić information content (AvgIpc) is 3.15. The Hall–Kier alpha value is -2.19. The van der Waals surface area contributed by atoms with Gasteiger partial charge in [-0.15, -0.1) is 0 Å². The van der Waals surface area contributed by atoms with Crippen LogP contribution in [-0.4, -0.2) is 57.6 Å². The van der Waals surface area contributed by atoms with Crippen LogP contribution in [0.3, 0.4) is 0 Å². The maximum Gasteiger partial charge on any atom is 0.242 e. The Morgan fingerprint density at radius 3 is 3.00 bits per heavy atom. The second-order valence-corrected chi connectivity index (χ2v) is 6.22. The van der Waals surface area contributed by atoms with Crippen LogP contribution < -0.4 is 5.32 Å². The zero-order chi connectivity index (χ0) is 17.1. The predicted octanol–water partition coefficient (Wildman–Crippen LogP) is 1.22. The van der Waals surface area contributed by atoms with E-state index in [0.29, 0.717) is 31.3 Å². The summed E-state index contributed by atoms with van der Waals surface area (Å²) in [5, 5.41) is 10.9. The van der Waals surface area contributed by atoms with Crippen molar-refractivity contribution < 1.29 is 14.1 Å². The normalized spacial score (nSPS) is 20.0. The van der Waals surface area contributed by atoms with Crippen molar-refractivity contribution in [3.8, 4) is 0 Å². The minimum Gasteiger partial charge on any atom is -0.374 e. The average molecular weight is 333 g/mol. The molecule has 0 unspecified atom stereocenters. The van der Waals surface area contributed by atoms with Crippen molar-refractivity contribution in [1.82, 2.24) is 19.8 Å². The fourth-order valence-corrected chi connectivity index (χ4v) is 2.80. The Morgan fingerprint density at radius 2 is 2.33 bits per heavy atom. The molecule has 1 amide bonds. The van der Waals surface area contributed by atoms with Gasteiger partial charge in [0.25, 0.3) is 0 Å². The Morgan fingerprint density at radius 1 is 1.50 bits per heavy atom. The standard InChI is InChI=1S/C16H23N5O3/c1-11-7-17-21(8-11)10-14-9-20(4-5-23-14)13(3)16(22)18-15-6-12(2)24-19-15/h6-8,13-14H,4-5,9-10H2,1-3H3,(H,18,19,22)/t13-,14+/m1/s1. The summed E-state index contributed by atoms with van der Waals surface area (Å²) in [4.78, 5) is 14.5. The molecule has 8 nitrogen and oxygen atoms in total. The summed E-state index contributed by atoms with van der Waals surface area (Å²) in [6.45, 7) is 8.38. The number of morpholine rings is 1. The molecule has 0 spiro atoms. The van der Waals surface area contributed by atoms with E-state index in [1.165, 1.54) is 0 Å². The molecule has 130 valence electrons. The fourth-order valence-electron chi connectivity index (χ4n) is 2.80. The molecule has 3 heterocycles. The number of nitrogens with one attached hydrogen (secondary N) is 1. The van der Waals surface area contributed by atoms with Gasteiger partial charge in [0.2, 0.25) is 5.91 Å². The van der Waals surface area contributed by atoms with Crippen LogP contribution in [0.15, 0.2) is 23.0 Å². The molecule has 2 aromatic heterocycles. The van der Waals surface area contributed by atoms with Crippen molar-refractivity contribution in [1.29, 1.82) is 0 Å². The third kappa shape index (κ3) is 4.01. The van der Waals surface area contributed by atoms with Gasteiger partial charge >= 0.3 is 0 Å². The van der Waals surface area contributed by atoms with Crippen molar-refractivity contribution in [2.45, 2.75) is 39.5 Å². The molecule has 8 heteroatoms. The van der Waals surface area contributed by atoms with Crippen molar-refractivity contribution in [3.63, 3.8) is 0 Å². The molecule has 0 bridgehead atoms. The highest BCUT2D eigenvalue weighted by Gasteiger charge is 2.28. The van der Waals surface area contributed by atoms with E-state index in [4.69, 9.17) is 9.26 Å². The summed E-state index contributed by atoms with van der Waals surface area (Å²) in [6, 6.07) is 1.43. The number of anilines is 1. The van der Waals surface area contributed by atoms with E-state index < -0.39 is 0 Å². The number of aromatic nitrogens is 3. The smallest absolute Gasteiger partial charge is 0.242 e. The van der Waals surface area contributed by atoms with Crippen LogP contribution in [0.25, 0.3) is 0 Å². The number of carbonyl (C=O) groups is 1. The second kappa shape index (κ2) is 7.14. The van der Waals surface area contributed by atoms with Crippen molar-refractivity contribution in [2.75, 3.05) is 25.0 Å².